The topological polar surface area (TPSA) is 17.8 Å². The molecule has 0 saturated heterocycles. The van der Waals surface area contributed by atoms with Crippen LogP contribution in [0.3, 0.4) is 0 Å². The van der Waals surface area contributed by atoms with Gasteiger partial charge in [0.05, 0.1) is 5.02 Å². The van der Waals surface area contributed by atoms with Gasteiger partial charge in [-0.3, -0.25) is 3.97 Å². The third kappa shape index (κ3) is 2.39. The molecule has 21 heavy (non-hydrogen) atoms. The van der Waals surface area contributed by atoms with Crippen LogP contribution >= 0.6 is 21.8 Å². The maximum atomic E-state index is 6.48. The van der Waals surface area contributed by atoms with Crippen LogP contribution in [0.25, 0.3) is 11.0 Å². The lowest BCUT2D eigenvalue weighted by molar-refractivity contribution is 0.912. The van der Waals surface area contributed by atoms with Gasteiger partial charge >= 0.3 is 0 Å². The summed E-state index contributed by atoms with van der Waals surface area (Å²) in [5.74, 6) is 0. The number of aryl methyl sites for hydroxylation is 1. The summed E-state index contributed by atoms with van der Waals surface area (Å²) in [5.41, 5.74) is 2.08. The van der Waals surface area contributed by atoms with Crippen molar-refractivity contribution in [1.29, 1.82) is 0 Å². The molecule has 2 nitrogen and oxygen atoms in total. The fraction of sp³-hybridized carbons (Fsp3) is 0.588. The summed E-state index contributed by atoms with van der Waals surface area (Å²) < 4.78 is 2.45. The first-order chi connectivity index (χ1) is 9.74. The number of fused-ring (bicyclic) bond motifs is 1. The summed E-state index contributed by atoms with van der Waals surface area (Å²) in [7, 11) is -1.04. The number of aromatic nitrogens is 2. The van der Waals surface area contributed by atoms with E-state index < -0.39 is 10.2 Å². The maximum absolute atomic E-state index is 6.48. The van der Waals surface area contributed by atoms with E-state index in [0.717, 1.165) is 21.6 Å². The van der Waals surface area contributed by atoms with Gasteiger partial charge in [0.2, 0.25) is 0 Å². The van der Waals surface area contributed by atoms with Crippen molar-refractivity contribution < 1.29 is 0 Å². The molecule has 2 heterocycles. The molecule has 0 aliphatic carbocycles. The first kappa shape index (κ1) is 16.7. The highest BCUT2D eigenvalue weighted by Gasteiger charge is 2.37. The minimum atomic E-state index is -1.04. The molecule has 118 valence electrons. The summed E-state index contributed by atoms with van der Waals surface area (Å²) in [6, 6.07) is 2.13. The van der Waals surface area contributed by atoms with Gasteiger partial charge in [-0.2, -0.15) is 10.2 Å². The van der Waals surface area contributed by atoms with Crippen molar-refractivity contribution in [3.63, 3.8) is 0 Å². The fourth-order valence-corrected chi connectivity index (χ4v) is 9.24. The predicted molar refractivity (Wildman–Crippen MR) is 97.9 cm³/mol. The van der Waals surface area contributed by atoms with Crippen LogP contribution in [-0.2, 0) is 0 Å². The second-order valence-corrected chi connectivity index (χ2v) is 11.6. The van der Waals surface area contributed by atoms with E-state index in [9.17, 15) is 0 Å². The van der Waals surface area contributed by atoms with Crippen molar-refractivity contribution in [2.24, 2.45) is 0 Å². The maximum Gasteiger partial charge on any atom is 0.150 e. The Morgan fingerprint density at radius 1 is 1.05 bits per heavy atom. The van der Waals surface area contributed by atoms with E-state index in [1.54, 1.807) is 0 Å². The zero-order chi connectivity index (χ0) is 15.9. The number of halogens is 1. The average molecular weight is 327 g/mol. The summed E-state index contributed by atoms with van der Waals surface area (Å²) in [5, 5.41) is 3.69. The van der Waals surface area contributed by atoms with Crippen LogP contribution in [0.15, 0.2) is 18.5 Å². The van der Waals surface area contributed by atoms with Crippen LogP contribution in [0.5, 0.6) is 0 Å². The number of nitrogens with zero attached hydrogens (tertiary/aromatic N) is 2. The van der Waals surface area contributed by atoms with E-state index in [2.05, 4.69) is 57.8 Å². The predicted octanol–water partition coefficient (Wildman–Crippen LogP) is 5.79. The molecule has 2 rings (SSSR count). The largest absolute Gasteiger partial charge is 0.293 e. The quantitative estimate of drug-likeness (QED) is 0.695. The van der Waals surface area contributed by atoms with Gasteiger partial charge in [-0.25, -0.2) is 4.98 Å². The summed E-state index contributed by atoms with van der Waals surface area (Å²) in [4.78, 5) is 4.71. The molecule has 4 heteroatoms. The Labute approximate surface area is 135 Å². The molecule has 0 aromatic carbocycles. The molecule has 0 fully saturated rings. The van der Waals surface area contributed by atoms with Gasteiger partial charge < -0.3 is 0 Å². The van der Waals surface area contributed by atoms with Gasteiger partial charge in [0.25, 0.3) is 0 Å². The molecule has 0 radical (unpaired) electrons. The molecule has 0 spiro atoms. The van der Waals surface area contributed by atoms with Gasteiger partial charge in [-0.1, -0.05) is 53.1 Å². The zero-order valence-electron chi connectivity index (χ0n) is 14.1. The van der Waals surface area contributed by atoms with Gasteiger partial charge in [0, 0.05) is 33.5 Å². The third-order valence-electron chi connectivity index (χ3n) is 4.40. The van der Waals surface area contributed by atoms with E-state index in [1.165, 1.54) is 0 Å². The van der Waals surface area contributed by atoms with E-state index in [0.29, 0.717) is 15.7 Å². The molecular formula is C17H27ClN2S. The summed E-state index contributed by atoms with van der Waals surface area (Å²) in [6.07, 6.45) is 4.10. The van der Waals surface area contributed by atoms with Crippen molar-refractivity contribution in [2.45, 2.75) is 64.2 Å². The Balaban J connectivity index is 2.81. The Morgan fingerprint density at radius 2 is 1.57 bits per heavy atom. The van der Waals surface area contributed by atoms with Crippen molar-refractivity contribution in [1.82, 2.24) is 8.96 Å². The Morgan fingerprint density at radius 3 is 2.05 bits per heavy atom. The average Bonchev–Trinajstić information content (AvgIpc) is 2.78. The second-order valence-electron chi connectivity index (χ2n) is 6.50. The monoisotopic (exact) mass is 326 g/mol. The molecule has 0 aliphatic rings. The van der Waals surface area contributed by atoms with E-state index >= 15 is 0 Å². The number of pyridine rings is 1. The Hall–Kier alpha value is -0.670. The molecule has 0 bridgehead atoms. The first-order valence-electron chi connectivity index (χ1n) is 7.67. The fourth-order valence-electron chi connectivity index (χ4n) is 3.70. The van der Waals surface area contributed by atoms with E-state index in [4.69, 9.17) is 16.6 Å². The van der Waals surface area contributed by atoms with Crippen LogP contribution in [0.1, 0.15) is 47.1 Å². The third-order valence-corrected chi connectivity index (χ3v) is 10.4. The van der Waals surface area contributed by atoms with Gasteiger partial charge in [0.15, 0.2) is 0 Å². The lowest BCUT2D eigenvalue weighted by atomic mass is 10.2. The van der Waals surface area contributed by atoms with Crippen molar-refractivity contribution in [3.05, 3.63) is 29.0 Å². The second kappa shape index (κ2) is 5.85. The summed E-state index contributed by atoms with van der Waals surface area (Å²) >= 11 is 6.48. The van der Waals surface area contributed by atoms with Crippen LogP contribution in [0, 0.1) is 6.92 Å². The van der Waals surface area contributed by atoms with Crippen LogP contribution in [0.2, 0.25) is 5.02 Å². The standard InChI is InChI=1S/C17H27ClN2S/c1-11(2)21(12(3)4,13(5)6)20-9-8-15-16(18)14(7)10-19-17(15)20/h8-13H,1-7H3. The minimum absolute atomic E-state index is 0.593. The van der Waals surface area contributed by atoms with Crippen molar-refractivity contribution in [2.75, 3.05) is 0 Å². The first-order valence-corrected chi connectivity index (χ1v) is 9.82. The van der Waals surface area contributed by atoms with Crippen LogP contribution in [0.4, 0.5) is 0 Å². The molecule has 0 aliphatic heterocycles. The highest BCUT2D eigenvalue weighted by molar-refractivity contribution is 8.33. The minimum Gasteiger partial charge on any atom is -0.293 e. The number of hydrogen-bond acceptors (Lipinski definition) is 1. The smallest absolute Gasteiger partial charge is 0.150 e. The van der Waals surface area contributed by atoms with Crippen molar-refractivity contribution >= 4 is 32.8 Å². The molecule has 0 unspecified atom stereocenters. The van der Waals surface area contributed by atoms with E-state index in [1.807, 2.05) is 13.1 Å². The molecule has 2 aromatic heterocycles. The Kier molecular flexibility index (Phi) is 4.65. The lowest BCUT2D eigenvalue weighted by Gasteiger charge is -2.52. The highest BCUT2D eigenvalue weighted by atomic mass is 35.5. The lowest BCUT2D eigenvalue weighted by Crippen LogP contribution is -2.33. The van der Waals surface area contributed by atoms with Crippen molar-refractivity contribution in [3.8, 4) is 0 Å². The molecule has 0 amide bonds. The highest BCUT2D eigenvalue weighted by Crippen LogP contribution is 2.62. The van der Waals surface area contributed by atoms with Crippen LogP contribution < -0.4 is 0 Å². The normalized spacial score (nSPS) is 13.9. The molecule has 2 aromatic rings. The zero-order valence-corrected chi connectivity index (χ0v) is 15.7. The summed E-state index contributed by atoms with van der Waals surface area (Å²) in [6.45, 7) is 16.1. The molecular weight excluding hydrogens is 300 g/mol. The molecule has 0 saturated carbocycles. The van der Waals surface area contributed by atoms with Crippen LogP contribution in [-0.4, -0.2) is 24.7 Å². The van der Waals surface area contributed by atoms with Gasteiger partial charge in [0.1, 0.15) is 5.65 Å². The molecule has 0 atom stereocenters. The van der Waals surface area contributed by atoms with Gasteiger partial charge in [-0.15, -0.1) is 0 Å². The number of rotatable bonds is 4. The molecule has 0 N–H and O–H groups in total. The number of hydrogen-bond donors (Lipinski definition) is 0. The SMILES string of the molecule is Cc1cnc2c(ccn2S(C(C)C)(C(C)C)C(C)C)c1Cl. The Bertz CT molecular complexity index is 622. The van der Waals surface area contributed by atoms with Gasteiger partial charge in [-0.05, 0) is 18.6 Å². The van der Waals surface area contributed by atoms with E-state index in [-0.39, 0.29) is 0 Å².